The number of rotatable bonds is 9. The third-order valence-corrected chi connectivity index (χ3v) is 17.0. The highest BCUT2D eigenvalue weighted by Crippen LogP contribution is 2.65. The van der Waals surface area contributed by atoms with E-state index in [1.807, 2.05) is 50.2 Å². The molecule has 8 aliphatic heterocycles. The predicted molar refractivity (Wildman–Crippen MR) is 206 cm³/mol. The van der Waals surface area contributed by atoms with Crippen molar-refractivity contribution in [3.8, 4) is 11.5 Å². The summed E-state index contributed by atoms with van der Waals surface area (Å²) in [4.78, 5) is 38.0. The molecule has 1 unspecified atom stereocenters. The average Bonchev–Trinajstić information content (AvgIpc) is 3.57. The lowest BCUT2D eigenvalue weighted by molar-refractivity contribution is -0.573. The van der Waals surface area contributed by atoms with E-state index in [2.05, 4.69) is 27.7 Å². The molecule has 4 bridgehead atoms. The van der Waals surface area contributed by atoms with Crippen LogP contribution in [0.5, 0.6) is 11.5 Å². The van der Waals surface area contributed by atoms with E-state index in [-0.39, 0.29) is 41.6 Å². The number of benzene rings is 2. The molecule has 0 radical (unpaired) electrons. The molecule has 1 N–H and O–H groups in total. The Morgan fingerprint density at radius 2 is 1.12 bits per heavy atom. The van der Waals surface area contributed by atoms with E-state index in [9.17, 15) is 4.89 Å². The van der Waals surface area contributed by atoms with Gasteiger partial charge in [-0.3, -0.25) is 9.05 Å². The fourth-order valence-corrected chi connectivity index (χ4v) is 14.0. The molecule has 2 aromatic carbocycles. The molecule has 17 atom stereocenters. The molecular formula is C44H60O12P+. The quantitative estimate of drug-likeness (QED) is 0.192. The van der Waals surface area contributed by atoms with Crippen molar-refractivity contribution in [1.29, 1.82) is 0 Å². The summed E-state index contributed by atoms with van der Waals surface area (Å²) >= 11 is 0. The van der Waals surface area contributed by atoms with Gasteiger partial charge in [0, 0.05) is 31.1 Å². The van der Waals surface area contributed by atoms with E-state index >= 15 is 0 Å². The van der Waals surface area contributed by atoms with E-state index < -0.39 is 55.7 Å². The molecule has 2 aromatic rings. The Kier molecular flexibility index (Phi) is 9.86. The van der Waals surface area contributed by atoms with E-state index in [1.165, 1.54) is 0 Å². The number of fused-ring (bicyclic) bond motifs is 4. The van der Waals surface area contributed by atoms with E-state index in [1.54, 1.807) is 24.3 Å². The lowest BCUT2D eigenvalue weighted by Crippen LogP contribution is -2.72. The van der Waals surface area contributed by atoms with Gasteiger partial charge in [-0.05, 0) is 112 Å². The molecule has 12 rings (SSSR count). The summed E-state index contributed by atoms with van der Waals surface area (Å²) in [6, 6.07) is 18.3. The Morgan fingerprint density at radius 1 is 0.632 bits per heavy atom. The largest absolute Gasteiger partial charge is 0.666 e. The van der Waals surface area contributed by atoms with Crippen LogP contribution in [0.4, 0.5) is 0 Å². The van der Waals surface area contributed by atoms with Crippen molar-refractivity contribution in [1.82, 2.24) is 0 Å². The molecule has 2 aliphatic carbocycles. The summed E-state index contributed by atoms with van der Waals surface area (Å²) in [6.07, 6.45) is 4.67. The monoisotopic (exact) mass is 811 g/mol. The van der Waals surface area contributed by atoms with Gasteiger partial charge in [0.25, 0.3) is 0 Å². The summed E-state index contributed by atoms with van der Waals surface area (Å²) in [7, 11) is -4.16. The minimum Gasteiger partial charge on any atom is -0.346 e. The zero-order valence-electron chi connectivity index (χ0n) is 34.0. The van der Waals surface area contributed by atoms with Gasteiger partial charge in [-0.2, -0.15) is 4.89 Å². The second-order valence-corrected chi connectivity index (χ2v) is 20.5. The third kappa shape index (κ3) is 6.42. The van der Waals surface area contributed by atoms with Crippen molar-refractivity contribution in [2.45, 2.75) is 153 Å². The van der Waals surface area contributed by atoms with Gasteiger partial charge in [0.2, 0.25) is 11.6 Å². The molecule has 2 spiro atoms. The number of hydrogen-bond acceptors (Lipinski definition) is 12. The van der Waals surface area contributed by atoms with Gasteiger partial charge < -0.3 is 18.9 Å². The Hall–Kier alpha value is -1.93. The fourth-order valence-electron chi connectivity index (χ4n) is 12.5. The summed E-state index contributed by atoms with van der Waals surface area (Å²) in [5.74, 6) is 0.369. The summed E-state index contributed by atoms with van der Waals surface area (Å²) < 4.78 is 47.8. The maximum atomic E-state index is 12.7. The molecule has 8 heterocycles. The van der Waals surface area contributed by atoms with Crippen LogP contribution < -0.4 is 9.05 Å². The van der Waals surface area contributed by atoms with Crippen LogP contribution in [0.25, 0.3) is 0 Å². The summed E-state index contributed by atoms with van der Waals surface area (Å²) in [5.41, 5.74) is -1.48. The van der Waals surface area contributed by atoms with Gasteiger partial charge in [0.1, 0.15) is 6.10 Å². The zero-order chi connectivity index (χ0) is 39.4. The standard InChI is InChI=1S/C44H60O12P/c1-26-17-19-34-28(3)36(46-39-43(34)32(26)21-23-41(5,48-39)53-55-43)25-37(52-57(45,50-30-13-9-7-10-14-30)51-31-15-11-8-12-16-31)38-29(4)35-20-18-27(2)33-22-24-42(6)49-40(47-38)44(33,35)56-54-42/h7-16,26-29,32-40,45H,17-25H2,1-6H3/q+1/t26-,27-,28-,29-,32+,33+,34+,35+,36-,37+,38?,39-,40-,41-,42-,43-,44-/m1/s1. The maximum absolute atomic E-state index is 12.7. The van der Waals surface area contributed by atoms with Gasteiger partial charge in [0.15, 0.2) is 35.3 Å². The molecule has 13 heteroatoms. The summed E-state index contributed by atoms with van der Waals surface area (Å²) in [6.45, 7) is 13.0. The maximum Gasteiger partial charge on any atom is 0.666 e. The first-order valence-corrected chi connectivity index (χ1v) is 23.0. The molecule has 0 amide bonds. The van der Waals surface area contributed by atoms with Crippen molar-refractivity contribution in [2.75, 3.05) is 0 Å². The van der Waals surface area contributed by atoms with E-state index in [0.717, 1.165) is 44.9 Å². The lowest BCUT2D eigenvalue weighted by atomic mass is 9.56. The number of hydrogen-bond donors (Lipinski definition) is 1. The van der Waals surface area contributed by atoms with Gasteiger partial charge in [-0.1, -0.05) is 64.1 Å². The highest BCUT2D eigenvalue weighted by atomic mass is 31.2. The Bertz CT molecular complexity index is 1720. The highest BCUT2D eigenvalue weighted by Gasteiger charge is 2.72. The van der Waals surface area contributed by atoms with Crippen LogP contribution in [-0.2, 0) is 43.0 Å². The molecule has 2 saturated carbocycles. The predicted octanol–water partition coefficient (Wildman–Crippen LogP) is 9.09. The zero-order valence-corrected chi connectivity index (χ0v) is 34.9. The number of ether oxygens (including phenoxy) is 4. The smallest absolute Gasteiger partial charge is 0.346 e. The fraction of sp³-hybridized carbons (Fsp3) is 0.727. The lowest BCUT2D eigenvalue weighted by Gasteiger charge is -2.62. The van der Waals surface area contributed by atoms with Crippen molar-refractivity contribution in [3.63, 3.8) is 0 Å². The van der Waals surface area contributed by atoms with E-state index in [0.29, 0.717) is 36.2 Å². The Balaban J connectivity index is 1.03. The first-order valence-electron chi connectivity index (χ1n) is 21.5. The van der Waals surface area contributed by atoms with Gasteiger partial charge in [0.05, 0.1) is 12.2 Å². The second-order valence-electron chi connectivity index (χ2n) is 19.0. The van der Waals surface area contributed by atoms with Crippen LogP contribution in [0.1, 0.15) is 99.3 Å². The molecule has 12 nitrogen and oxygen atoms in total. The highest BCUT2D eigenvalue weighted by molar-refractivity contribution is 7.56. The molecular weight excluding hydrogens is 751 g/mol. The van der Waals surface area contributed by atoms with E-state index in [4.69, 9.17) is 52.1 Å². The first-order chi connectivity index (χ1) is 27.3. The van der Waals surface area contributed by atoms with Crippen molar-refractivity contribution in [3.05, 3.63) is 60.7 Å². The van der Waals surface area contributed by atoms with Gasteiger partial charge in [-0.15, -0.1) is 4.52 Å². The molecule has 57 heavy (non-hydrogen) atoms. The second kappa shape index (κ2) is 14.3. The molecule has 10 fully saturated rings. The van der Waals surface area contributed by atoms with Crippen LogP contribution >= 0.6 is 8.17 Å². The van der Waals surface area contributed by atoms with Crippen LogP contribution in [-0.4, -0.2) is 58.6 Å². The van der Waals surface area contributed by atoms with Crippen LogP contribution in [0, 0.1) is 47.3 Å². The molecule has 312 valence electrons. The average molecular weight is 812 g/mol. The van der Waals surface area contributed by atoms with Crippen LogP contribution in [0.15, 0.2) is 60.7 Å². The van der Waals surface area contributed by atoms with Crippen molar-refractivity contribution < 1.29 is 57.0 Å². The summed E-state index contributed by atoms with van der Waals surface area (Å²) in [5, 5.41) is 0. The Labute approximate surface area is 336 Å². The van der Waals surface area contributed by atoms with Gasteiger partial charge >= 0.3 is 8.17 Å². The van der Waals surface area contributed by atoms with Crippen LogP contribution in [0.2, 0.25) is 0 Å². The SMILES string of the molecule is C[C@H]1[C@@H](C[C@H](O[P+](O)(Oc2ccccc2)Oc2ccccc2)C2O[C@@H]3O[C@@]4(C)CC[C@H]5[C@H](C)CC[C@@H]([C@H]2C)[C@@]35OO4)O[C@@H]2O[C@@]3(C)CC[C@H]4[C@H](C)CC[C@@H]1[C@@]24OO3. The Morgan fingerprint density at radius 3 is 1.65 bits per heavy atom. The minimum absolute atomic E-state index is 0.0273. The molecule has 10 aliphatic rings. The van der Waals surface area contributed by atoms with Crippen LogP contribution in [0.3, 0.4) is 0 Å². The number of para-hydroxylation sites is 2. The first kappa shape index (κ1) is 39.2. The molecule has 8 saturated heterocycles. The topological polar surface area (TPSA) is 122 Å². The van der Waals surface area contributed by atoms with Gasteiger partial charge in [-0.25, -0.2) is 19.6 Å². The molecule has 0 aromatic heterocycles. The minimum atomic E-state index is -4.16. The normalized spacial score (nSPS) is 47.8. The third-order valence-electron chi connectivity index (χ3n) is 15.5. The van der Waals surface area contributed by atoms with Crippen molar-refractivity contribution in [2.24, 2.45) is 47.3 Å². The van der Waals surface area contributed by atoms with Crippen molar-refractivity contribution >= 4 is 8.17 Å².